The number of carboxylic acid groups (broad SMARTS) is 1. The van der Waals surface area contributed by atoms with Crippen LogP contribution in [0.1, 0.15) is 11.1 Å². The maximum absolute atomic E-state index is 10.9. The van der Waals surface area contributed by atoms with Crippen LogP contribution in [0, 0.1) is 11.3 Å². The highest BCUT2D eigenvalue weighted by molar-refractivity contribution is 7.99. The van der Waals surface area contributed by atoms with E-state index in [0.717, 1.165) is 9.79 Å². The highest BCUT2D eigenvalue weighted by Crippen LogP contribution is 2.31. The number of carbonyl (C=O) groups is 1. The molecule has 0 saturated carbocycles. The average Bonchev–Trinajstić information content (AvgIpc) is 2.42. The lowest BCUT2D eigenvalue weighted by molar-refractivity contribution is -0.136. The molecule has 2 aromatic rings. The van der Waals surface area contributed by atoms with E-state index in [-0.39, 0.29) is 6.42 Å². The van der Waals surface area contributed by atoms with Crippen LogP contribution in [0.3, 0.4) is 0 Å². The number of nitrogens with zero attached hydrogens (tertiary/aromatic N) is 1. The summed E-state index contributed by atoms with van der Waals surface area (Å²) in [7, 11) is 0. The summed E-state index contributed by atoms with van der Waals surface area (Å²) in [5.74, 6) is -0.917. The zero-order valence-electron chi connectivity index (χ0n) is 10.5. The molecule has 0 amide bonds. The van der Waals surface area contributed by atoms with Gasteiger partial charge in [-0.3, -0.25) is 4.79 Å². The third-order valence-corrected chi connectivity index (χ3v) is 3.77. The molecule has 100 valence electrons. The molecule has 0 spiro atoms. The standard InChI is InChI=1S/C15H12N2O2S/c16-9-10-1-6-14(11(7-10)8-15(18)19)20-13-4-2-12(17)3-5-13/h1-7H,8,17H2,(H,18,19). The number of benzene rings is 2. The zero-order chi connectivity index (χ0) is 14.5. The molecular formula is C15H12N2O2S. The van der Waals surface area contributed by atoms with Gasteiger partial charge in [-0.15, -0.1) is 0 Å². The predicted molar refractivity (Wildman–Crippen MR) is 77.5 cm³/mol. The van der Waals surface area contributed by atoms with E-state index in [4.69, 9.17) is 16.1 Å². The molecular weight excluding hydrogens is 272 g/mol. The summed E-state index contributed by atoms with van der Waals surface area (Å²) in [6.07, 6.45) is -0.104. The number of hydrogen-bond donors (Lipinski definition) is 2. The molecule has 0 fully saturated rings. The molecule has 0 aliphatic carbocycles. The molecule has 0 aliphatic rings. The normalized spacial score (nSPS) is 9.95. The molecule has 5 heteroatoms. The maximum atomic E-state index is 10.9. The smallest absolute Gasteiger partial charge is 0.307 e. The third kappa shape index (κ3) is 3.53. The number of carboxylic acids is 1. The summed E-state index contributed by atoms with van der Waals surface area (Å²) in [6, 6.07) is 14.4. The lowest BCUT2D eigenvalue weighted by atomic mass is 10.1. The minimum atomic E-state index is -0.917. The molecule has 3 N–H and O–H groups in total. The van der Waals surface area contributed by atoms with E-state index in [2.05, 4.69) is 0 Å². The number of nitrogens with two attached hydrogens (primary N) is 1. The Hall–Kier alpha value is -2.45. The topological polar surface area (TPSA) is 87.1 Å². The summed E-state index contributed by atoms with van der Waals surface area (Å²) >= 11 is 1.46. The average molecular weight is 284 g/mol. The Morgan fingerprint density at radius 3 is 2.55 bits per heavy atom. The van der Waals surface area contributed by atoms with Crippen LogP contribution >= 0.6 is 11.8 Å². The zero-order valence-corrected chi connectivity index (χ0v) is 11.4. The van der Waals surface area contributed by atoms with Gasteiger partial charge < -0.3 is 10.8 Å². The van der Waals surface area contributed by atoms with Gasteiger partial charge in [0.05, 0.1) is 18.1 Å². The quantitative estimate of drug-likeness (QED) is 0.843. The Morgan fingerprint density at radius 1 is 1.25 bits per heavy atom. The monoisotopic (exact) mass is 284 g/mol. The molecule has 4 nitrogen and oxygen atoms in total. The van der Waals surface area contributed by atoms with Gasteiger partial charge in [0, 0.05) is 15.5 Å². The van der Waals surface area contributed by atoms with Gasteiger partial charge in [-0.25, -0.2) is 0 Å². The number of rotatable bonds is 4. The Kier molecular flexibility index (Phi) is 4.28. The predicted octanol–water partition coefficient (Wildman–Crippen LogP) is 2.92. The van der Waals surface area contributed by atoms with Gasteiger partial charge in [0.2, 0.25) is 0 Å². The molecule has 0 aromatic heterocycles. The van der Waals surface area contributed by atoms with Crippen molar-refractivity contribution in [2.24, 2.45) is 0 Å². The second-order valence-electron chi connectivity index (χ2n) is 4.18. The Balaban J connectivity index is 2.32. The molecule has 20 heavy (non-hydrogen) atoms. The SMILES string of the molecule is N#Cc1ccc(Sc2ccc(N)cc2)c(CC(=O)O)c1. The summed E-state index contributed by atoms with van der Waals surface area (Å²) in [5.41, 5.74) is 7.41. The van der Waals surface area contributed by atoms with Crippen molar-refractivity contribution in [3.05, 3.63) is 53.6 Å². The lowest BCUT2D eigenvalue weighted by Crippen LogP contribution is -2.02. The number of aliphatic carboxylic acids is 1. The molecule has 2 aromatic carbocycles. The van der Waals surface area contributed by atoms with Crippen molar-refractivity contribution in [3.8, 4) is 6.07 Å². The van der Waals surface area contributed by atoms with Crippen LogP contribution in [0.25, 0.3) is 0 Å². The van der Waals surface area contributed by atoms with Crippen LogP contribution in [0.5, 0.6) is 0 Å². The Labute approximate surface area is 120 Å². The van der Waals surface area contributed by atoms with E-state index in [1.165, 1.54) is 11.8 Å². The molecule has 0 bridgehead atoms. The molecule has 2 rings (SSSR count). The second kappa shape index (κ2) is 6.13. The summed E-state index contributed by atoms with van der Waals surface area (Å²) in [5, 5.41) is 17.8. The van der Waals surface area contributed by atoms with Crippen molar-refractivity contribution in [1.82, 2.24) is 0 Å². The first kappa shape index (κ1) is 14.0. The molecule has 0 aliphatic heterocycles. The van der Waals surface area contributed by atoms with Crippen molar-refractivity contribution >= 4 is 23.4 Å². The largest absolute Gasteiger partial charge is 0.481 e. The lowest BCUT2D eigenvalue weighted by Gasteiger charge is -2.08. The van der Waals surface area contributed by atoms with Gasteiger partial charge in [-0.2, -0.15) is 5.26 Å². The molecule has 0 heterocycles. The van der Waals surface area contributed by atoms with Gasteiger partial charge in [0.15, 0.2) is 0 Å². The molecule has 0 radical (unpaired) electrons. The first-order valence-electron chi connectivity index (χ1n) is 5.86. The fraction of sp³-hybridized carbons (Fsp3) is 0.0667. The van der Waals surface area contributed by atoms with Crippen molar-refractivity contribution in [3.63, 3.8) is 0 Å². The molecule has 0 saturated heterocycles. The number of nitrogen functional groups attached to an aromatic ring is 1. The first-order valence-corrected chi connectivity index (χ1v) is 6.68. The minimum absolute atomic E-state index is 0.104. The van der Waals surface area contributed by atoms with E-state index in [1.54, 1.807) is 30.3 Å². The number of nitriles is 1. The minimum Gasteiger partial charge on any atom is -0.481 e. The van der Waals surface area contributed by atoms with Gasteiger partial charge in [0.25, 0.3) is 0 Å². The van der Waals surface area contributed by atoms with E-state index >= 15 is 0 Å². The van der Waals surface area contributed by atoms with Gasteiger partial charge in [0.1, 0.15) is 0 Å². The Morgan fingerprint density at radius 2 is 1.95 bits per heavy atom. The first-order chi connectivity index (χ1) is 9.58. The van der Waals surface area contributed by atoms with E-state index in [0.29, 0.717) is 16.8 Å². The van der Waals surface area contributed by atoms with E-state index in [9.17, 15) is 4.79 Å². The van der Waals surface area contributed by atoms with Crippen LogP contribution in [0.2, 0.25) is 0 Å². The number of hydrogen-bond acceptors (Lipinski definition) is 4. The van der Waals surface area contributed by atoms with Crippen molar-refractivity contribution in [2.75, 3.05) is 5.73 Å². The van der Waals surface area contributed by atoms with Gasteiger partial charge in [-0.05, 0) is 48.0 Å². The summed E-state index contributed by atoms with van der Waals surface area (Å²) < 4.78 is 0. The third-order valence-electron chi connectivity index (χ3n) is 2.64. The molecule has 0 atom stereocenters. The van der Waals surface area contributed by atoms with Crippen LogP contribution in [0.4, 0.5) is 5.69 Å². The molecule has 0 unspecified atom stereocenters. The maximum Gasteiger partial charge on any atom is 0.307 e. The fourth-order valence-electron chi connectivity index (χ4n) is 1.71. The van der Waals surface area contributed by atoms with Gasteiger partial charge >= 0.3 is 5.97 Å². The van der Waals surface area contributed by atoms with Gasteiger partial charge in [-0.1, -0.05) is 11.8 Å². The Bertz CT molecular complexity index is 675. The van der Waals surface area contributed by atoms with Crippen LogP contribution in [-0.2, 0) is 11.2 Å². The van der Waals surface area contributed by atoms with Crippen LogP contribution < -0.4 is 5.73 Å². The van der Waals surface area contributed by atoms with Crippen LogP contribution in [-0.4, -0.2) is 11.1 Å². The van der Waals surface area contributed by atoms with Crippen molar-refractivity contribution < 1.29 is 9.90 Å². The van der Waals surface area contributed by atoms with Crippen molar-refractivity contribution in [1.29, 1.82) is 5.26 Å². The second-order valence-corrected chi connectivity index (χ2v) is 5.29. The number of anilines is 1. The van der Waals surface area contributed by atoms with E-state index in [1.807, 2.05) is 18.2 Å². The van der Waals surface area contributed by atoms with Crippen LogP contribution in [0.15, 0.2) is 52.3 Å². The fourth-order valence-corrected chi connectivity index (χ4v) is 2.64. The highest BCUT2D eigenvalue weighted by atomic mass is 32.2. The van der Waals surface area contributed by atoms with E-state index < -0.39 is 5.97 Å². The summed E-state index contributed by atoms with van der Waals surface area (Å²) in [6.45, 7) is 0. The summed E-state index contributed by atoms with van der Waals surface area (Å²) in [4.78, 5) is 12.7. The highest BCUT2D eigenvalue weighted by Gasteiger charge is 2.09. The van der Waals surface area contributed by atoms with Crippen molar-refractivity contribution in [2.45, 2.75) is 16.2 Å².